The first-order chi connectivity index (χ1) is 17.2. The molecule has 0 saturated carbocycles. The first kappa shape index (κ1) is 25.4. The summed E-state index contributed by atoms with van der Waals surface area (Å²) in [6.45, 7) is 5.12. The van der Waals surface area contributed by atoms with Crippen LogP contribution in [0.2, 0.25) is 0 Å². The third-order valence-electron chi connectivity index (χ3n) is 6.05. The normalized spacial score (nSPS) is 16.2. The molecule has 0 bridgehead atoms. The van der Waals surface area contributed by atoms with E-state index in [2.05, 4.69) is 19.2 Å². The number of primary amides is 1. The Balaban J connectivity index is 1.67. The molecule has 3 N–H and O–H groups in total. The zero-order valence-corrected chi connectivity index (χ0v) is 21.0. The van der Waals surface area contributed by atoms with Crippen molar-refractivity contribution in [1.82, 2.24) is 14.4 Å². The number of amides is 1. The molecule has 36 heavy (non-hydrogen) atoms. The first-order valence-corrected chi connectivity index (χ1v) is 12.7. The lowest BCUT2D eigenvalue weighted by molar-refractivity contribution is -0.131. The van der Waals surface area contributed by atoms with Crippen molar-refractivity contribution in [2.45, 2.75) is 51.6 Å². The second-order valence-corrected chi connectivity index (χ2v) is 10.00. The van der Waals surface area contributed by atoms with Crippen LogP contribution in [-0.4, -0.2) is 50.7 Å². The van der Waals surface area contributed by atoms with Gasteiger partial charge in [0.05, 0.1) is 22.8 Å². The maximum absolute atomic E-state index is 13.4. The average Bonchev–Trinajstić information content (AvgIpc) is 3.31. The summed E-state index contributed by atoms with van der Waals surface area (Å²) in [5.74, 6) is -0.427. The van der Waals surface area contributed by atoms with Crippen LogP contribution >= 0.6 is 11.3 Å². The van der Waals surface area contributed by atoms with Crippen molar-refractivity contribution in [3.63, 3.8) is 0 Å². The van der Waals surface area contributed by atoms with Gasteiger partial charge in [-0.1, -0.05) is 13.8 Å². The van der Waals surface area contributed by atoms with Gasteiger partial charge in [0.25, 0.3) is 5.56 Å². The Hall–Kier alpha value is -3.73. The lowest BCUT2D eigenvalue weighted by Crippen LogP contribution is -2.43. The van der Waals surface area contributed by atoms with Gasteiger partial charge in [-0.3, -0.25) is 9.20 Å². The lowest BCUT2D eigenvalue weighted by Gasteiger charge is -2.33. The van der Waals surface area contributed by atoms with Crippen LogP contribution in [0.15, 0.2) is 34.6 Å². The van der Waals surface area contributed by atoms with Gasteiger partial charge < -0.3 is 20.5 Å². The highest BCUT2D eigenvalue weighted by atomic mass is 32.1. The number of carboxylic acids is 1. The molecule has 190 valence electrons. The fourth-order valence-corrected chi connectivity index (χ4v) is 5.19. The van der Waals surface area contributed by atoms with E-state index in [1.54, 1.807) is 17.5 Å². The number of nitrogens with two attached hydrogens (primary N) is 1. The number of rotatable bonds is 8. The Morgan fingerprint density at radius 3 is 2.83 bits per heavy atom. The van der Waals surface area contributed by atoms with Gasteiger partial charge in [-0.05, 0) is 49.0 Å². The molecule has 0 unspecified atom stereocenters. The summed E-state index contributed by atoms with van der Waals surface area (Å²) in [5, 5.41) is 12.3. The van der Waals surface area contributed by atoms with Gasteiger partial charge in [0.1, 0.15) is 17.6 Å². The van der Waals surface area contributed by atoms with E-state index in [9.17, 15) is 14.4 Å². The number of fused-ring (bicyclic) bond motifs is 1. The maximum Gasteiger partial charge on any atom is 0.404 e. The molecule has 4 heterocycles. The Kier molecular flexibility index (Phi) is 7.68. The van der Waals surface area contributed by atoms with Gasteiger partial charge >= 0.3 is 12.1 Å². The van der Waals surface area contributed by atoms with Crippen LogP contribution in [0.5, 0.6) is 0 Å². The van der Waals surface area contributed by atoms with Gasteiger partial charge in [-0.2, -0.15) is 0 Å². The third kappa shape index (κ3) is 5.91. The molecule has 0 spiro atoms. The zero-order chi connectivity index (χ0) is 25.8. The molecule has 1 fully saturated rings. The standard InChI is InChI=1S/C25H29N5O5S/c1-15(2)19-14-36-21(27-19)7-5-16-9-11-30-20(12-16)28-23(18(24(30)33)6-8-22(31)32)29-10-3-4-17(13-29)35-25(26)34/h6,8-9,11-12,14-15,17H,3-5,7,10,13H2,1-2H3,(H2,26,34)(H,31,32)/b8-6+/t17-/m0/s1. The Morgan fingerprint density at radius 2 is 2.14 bits per heavy atom. The highest BCUT2D eigenvalue weighted by molar-refractivity contribution is 7.09. The number of carbonyl (C=O) groups is 2. The average molecular weight is 512 g/mol. The molecular formula is C25H29N5O5S. The molecule has 0 aliphatic carbocycles. The van der Waals surface area contributed by atoms with Crippen molar-refractivity contribution in [2.24, 2.45) is 5.73 Å². The van der Waals surface area contributed by atoms with Crippen molar-refractivity contribution >= 4 is 40.9 Å². The number of nitrogens with zero attached hydrogens (tertiary/aromatic N) is 4. The van der Waals surface area contributed by atoms with Gasteiger partial charge in [-0.15, -0.1) is 11.3 Å². The maximum atomic E-state index is 13.4. The van der Waals surface area contributed by atoms with Crippen molar-refractivity contribution in [3.05, 3.63) is 62.0 Å². The summed E-state index contributed by atoms with van der Waals surface area (Å²) < 4.78 is 6.59. The Morgan fingerprint density at radius 1 is 1.33 bits per heavy atom. The number of anilines is 1. The molecule has 0 radical (unpaired) electrons. The van der Waals surface area contributed by atoms with E-state index in [1.165, 1.54) is 10.5 Å². The summed E-state index contributed by atoms with van der Waals surface area (Å²) in [7, 11) is 0. The zero-order valence-electron chi connectivity index (χ0n) is 20.2. The van der Waals surface area contributed by atoms with Crippen LogP contribution in [-0.2, 0) is 22.4 Å². The smallest absolute Gasteiger partial charge is 0.404 e. The number of pyridine rings is 1. The second-order valence-electron chi connectivity index (χ2n) is 9.06. The monoisotopic (exact) mass is 511 g/mol. The number of thiazole rings is 1. The van der Waals surface area contributed by atoms with Crippen LogP contribution in [0.25, 0.3) is 11.7 Å². The minimum atomic E-state index is -1.17. The lowest BCUT2D eigenvalue weighted by atomic mass is 10.1. The molecular weight excluding hydrogens is 482 g/mol. The second kappa shape index (κ2) is 10.9. The highest BCUT2D eigenvalue weighted by Gasteiger charge is 2.26. The molecule has 3 aromatic rings. The number of piperidine rings is 1. The number of carboxylic acid groups (broad SMARTS) is 1. The molecule has 0 aromatic carbocycles. The molecule has 3 aromatic heterocycles. The van der Waals surface area contributed by atoms with E-state index in [4.69, 9.17) is 25.5 Å². The summed E-state index contributed by atoms with van der Waals surface area (Å²) in [6.07, 6.45) is 5.42. The quantitative estimate of drug-likeness (QED) is 0.439. The van der Waals surface area contributed by atoms with E-state index in [1.807, 2.05) is 17.0 Å². The summed E-state index contributed by atoms with van der Waals surface area (Å²) in [4.78, 5) is 47.1. The summed E-state index contributed by atoms with van der Waals surface area (Å²) >= 11 is 1.65. The molecule has 1 aliphatic rings. The van der Waals surface area contributed by atoms with Gasteiger partial charge in [-0.25, -0.2) is 19.6 Å². The van der Waals surface area contributed by atoms with Gasteiger partial charge in [0, 0.05) is 30.6 Å². The predicted molar refractivity (Wildman–Crippen MR) is 138 cm³/mol. The van der Waals surface area contributed by atoms with Crippen molar-refractivity contribution in [1.29, 1.82) is 0 Å². The fraction of sp³-hybridized carbons (Fsp3) is 0.400. The number of hydrogen-bond acceptors (Lipinski definition) is 8. The number of aliphatic carboxylic acids is 1. The Bertz CT molecular complexity index is 1360. The van der Waals surface area contributed by atoms with E-state index in [0.717, 1.165) is 35.2 Å². The minimum absolute atomic E-state index is 0.159. The summed E-state index contributed by atoms with van der Waals surface area (Å²) in [6, 6.07) is 3.74. The summed E-state index contributed by atoms with van der Waals surface area (Å²) in [5.41, 5.74) is 7.53. The fourth-order valence-electron chi connectivity index (χ4n) is 4.23. The molecule has 1 aliphatic heterocycles. The van der Waals surface area contributed by atoms with E-state index < -0.39 is 18.2 Å². The van der Waals surface area contributed by atoms with Crippen molar-refractivity contribution in [3.8, 4) is 0 Å². The Labute approximate surface area is 212 Å². The van der Waals surface area contributed by atoms with Crippen LogP contribution in [0.1, 0.15) is 54.4 Å². The predicted octanol–water partition coefficient (Wildman–Crippen LogP) is 3.22. The number of hydrogen-bond donors (Lipinski definition) is 2. The van der Waals surface area contributed by atoms with Crippen LogP contribution < -0.4 is 16.2 Å². The topological polar surface area (TPSA) is 140 Å². The number of ether oxygens (including phenoxy) is 1. The van der Waals surface area contributed by atoms with E-state index in [-0.39, 0.29) is 11.1 Å². The highest BCUT2D eigenvalue weighted by Crippen LogP contribution is 2.24. The van der Waals surface area contributed by atoms with Crippen LogP contribution in [0.4, 0.5) is 10.6 Å². The molecule has 1 atom stereocenters. The number of aromatic nitrogens is 3. The largest absolute Gasteiger partial charge is 0.478 e. The number of carbonyl (C=O) groups excluding carboxylic acids is 1. The van der Waals surface area contributed by atoms with Crippen LogP contribution in [0.3, 0.4) is 0 Å². The van der Waals surface area contributed by atoms with Crippen molar-refractivity contribution < 1.29 is 19.4 Å². The number of aryl methyl sites for hydroxylation is 2. The van der Waals surface area contributed by atoms with Crippen molar-refractivity contribution in [2.75, 3.05) is 18.0 Å². The molecule has 11 heteroatoms. The third-order valence-corrected chi connectivity index (χ3v) is 6.98. The first-order valence-electron chi connectivity index (χ1n) is 11.8. The van der Waals surface area contributed by atoms with E-state index >= 15 is 0 Å². The molecule has 10 nitrogen and oxygen atoms in total. The van der Waals surface area contributed by atoms with E-state index in [0.29, 0.717) is 43.3 Å². The molecule has 4 rings (SSSR count). The SMILES string of the molecule is CC(C)c1csc(CCc2ccn3c(=O)c(/C=C/C(=O)O)c(N4CCC[C@H](OC(N)=O)C4)nc3c2)n1. The minimum Gasteiger partial charge on any atom is -0.478 e. The van der Waals surface area contributed by atoms with Crippen LogP contribution in [0, 0.1) is 0 Å². The molecule has 1 saturated heterocycles. The molecule has 1 amide bonds. The van der Waals surface area contributed by atoms with Gasteiger partial charge in [0.15, 0.2) is 0 Å². The van der Waals surface area contributed by atoms with Gasteiger partial charge in [0.2, 0.25) is 0 Å².